The van der Waals surface area contributed by atoms with Gasteiger partial charge in [0.25, 0.3) is 10.0 Å². The van der Waals surface area contributed by atoms with Gasteiger partial charge in [-0.3, -0.25) is 4.72 Å². The fourth-order valence-corrected chi connectivity index (χ4v) is 3.66. The molecule has 7 heteroatoms. The van der Waals surface area contributed by atoms with Crippen molar-refractivity contribution >= 4 is 38.1 Å². The lowest BCUT2D eigenvalue weighted by atomic mass is 10.4. The number of thiazole rings is 1. The van der Waals surface area contributed by atoms with Gasteiger partial charge in [-0.15, -0.1) is 11.3 Å². The molecule has 1 aromatic heterocycles. The Labute approximate surface area is 108 Å². The lowest BCUT2D eigenvalue weighted by Crippen LogP contribution is -2.13. The number of benzene rings is 1. The number of halogens is 1. The molecular formula is C10H9ClN2O2S2. The van der Waals surface area contributed by atoms with Gasteiger partial charge in [0, 0.05) is 11.1 Å². The van der Waals surface area contributed by atoms with Gasteiger partial charge in [-0.05, 0) is 19.1 Å². The highest BCUT2D eigenvalue weighted by atomic mass is 35.5. The summed E-state index contributed by atoms with van der Waals surface area (Å²) < 4.78 is 26.4. The van der Waals surface area contributed by atoms with Crippen LogP contribution in [0.2, 0.25) is 5.02 Å². The highest BCUT2D eigenvalue weighted by molar-refractivity contribution is 7.93. The predicted octanol–water partition coefficient (Wildman–Crippen LogP) is 2.91. The number of nitrogens with one attached hydrogen (secondary N) is 1. The van der Waals surface area contributed by atoms with E-state index in [0.717, 1.165) is 4.88 Å². The van der Waals surface area contributed by atoms with Crippen molar-refractivity contribution in [2.75, 3.05) is 4.72 Å². The normalized spacial score (nSPS) is 11.4. The molecule has 0 aliphatic rings. The summed E-state index contributed by atoms with van der Waals surface area (Å²) in [6, 6.07) is 6.27. The number of rotatable bonds is 3. The fraction of sp³-hybridized carbons (Fsp3) is 0.100. The Balaban J connectivity index is 2.35. The van der Waals surface area contributed by atoms with E-state index in [1.54, 1.807) is 18.3 Å². The van der Waals surface area contributed by atoms with Gasteiger partial charge in [0.2, 0.25) is 0 Å². The second-order valence-corrected chi connectivity index (χ2v) is 6.60. The predicted molar refractivity (Wildman–Crippen MR) is 69.1 cm³/mol. The molecule has 1 aromatic carbocycles. The average molecular weight is 289 g/mol. The van der Waals surface area contributed by atoms with Gasteiger partial charge < -0.3 is 0 Å². The second kappa shape index (κ2) is 4.64. The second-order valence-electron chi connectivity index (χ2n) is 3.31. The SMILES string of the molecule is Cc1cnc(NS(=O)(=O)c2ccccc2Cl)s1. The van der Waals surface area contributed by atoms with Crippen molar-refractivity contribution in [2.24, 2.45) is 0 Å². The first kappa shape index (κ1) is 12.3. The highest BCUT2D eigenvalue weighted by Crippen LogP contribution is 2.25. The summed E-state index contributed by atoms with van der Waals surface area (Å²) in [7, 11) is -3.66. The zero-order chi connectivity index (χ0) is 12.5. The van der Waals surface area contributed by atoms with Gasteiger partial charge in [-0.1, -0.05) is 23.7 Å². The van der Waals surface area contributed by atoms with E-state index in [9.17, 15) is 8.42 Å². The number of aromatic nitrogens is 1. The molecule has 0 aliphatic heterocycles. The highest BCUT2D eigenvalue weighted by Gasteiger charge is 2.18. The van der Waals surface area contributed by atoms with E-state index >= 15 is 0 Å². The molecule has 0 amide bonds. The molecule has 0 bridgehead atoms. The van der Waals surface area contributed by atoms with E-state index in [-0.39, 0.29) is 9.92 Å². The Morgan fingerprint density at radius 3 is 2.65 bits per heavy atom. The Morgan fingerprint density at radius 1 is 1.35 bits per heavy atom. The van der Waals surface area contributed by atoms with Crippen LogP contribution in [0.25, 0.3) is 0 Å². The Hall–Kier alpha value is -1.11. The molecule has 0 saturated heterocycles. The molecule has 90 valence electrons. The minimum Gasteiger partial charge on any atom is -0.255 e. The molecule has 1 heterocycles. The lowest BCUT2D eigenvalue weighted by molar-refractivity contribution is 0.601. The van der Waals surface area contributed by atoms with Crippen LogP contribution in [-0.2, 0) is 10.0 Å². The zero-order valence-corrected chi connectivity index (χ0v) is 11.2. The van der Waals surface area contributed by atoms with Crippen LogP contribution < -0.4 is 4.72 Å². The van der Waals surface area contributed by atoms with Crippen molar-refractivity contribution in [1.82, 2.24) is 4.98 Å². The van der Waals surface area contributed by atoms with E-state index in [2.05, 4.69) is 9.71 Å². The third kappa shape index (κ3) is 2.77. The number of nitrogens with zero attached hydrogens (tertiary/aromatic N) is 1. The summed E-state index contributed by atoms with van der Waals surface area (Å²) in [4.78, 5) is 4.92. The summed E-state index contributed by atoms with van der Waals surface area (Å²) in [5.41, 5.74) is 0. The largest absolute Gasteiger partial charge is 0.265 e. The summed E-state index contributed by atoms with van der Waals surface area (Å²) in [5, 5.41) is 0.524. The van der Waals surface area contributed by atoms with Crippen LogP contribution in [0.4, 0.5) is 5.13 Å². The van der Waals surface area contributed by atoms with Crippen LogP contribution in [-0.4, -0.2) is 13.4 Å². The van der Waals surface area contributed by atoms with Crippen molar-refractivity contribution < 1.29 is 8.42 Å². The first-order valence-electron chi connectivity index (χ1n) is 4.69. The van der Waals surface area contributed by atoms with Gasteiger partial charge in [0.1, 0.15) is 4.90 Å². The topological polar surface area (TPSA) is 59.1 Å². The van der Waals surface area contributed by atoms with Crippen molar-refractivity contribution in [3.05, 3.63) is 40.4 Å². The zero-order valence-electron chi connectivity index (χ0n) is 8.84. The van der Waals surface area contributed by atoms with Gasteiger partial charge in [-0.2, -0.15) is 0 Å². The Morgan fingerprint density at radius 2 is 2.06 bits per heavy atom. The van der Waals surface area contributed by atoms with Crippen LogP contribution in [0.1, 0.15) is 4.88 Å². The van der Waals surface area contributed by atoms with E-state index in [0.29, 0.717) is 5.13 Å². The van der Waals surface area contributed by atoms with E-state index in [4.69, 9.17) is 11.6 Å². The number of hydrogen-bond acceptors (Lipinski definition) is 4. The van der Waals surface area contributed by atoms with Gasteiger partial charge >= 0.3 is 0 Å². The van der Waals surface area contributed by atoms with Gasteiger partial charge in [0.15, 0.2) is 5.13 Å². The van der Waals surface area contributed by atoms with Crippen molar-refractivity contribution in [2.45, 2.75) is 11.8 Å². The summed E-state index contributed by atoms with van der Waals surface area (Å²) in [6.45, 7) is 1.85. The van der Waals surface area contributed by atoms with Crippen LogP contribution in [0, 0.1) is 6.92 Å². The first-order valence-corrected chi connectivity index (χ1v) is 7.36. The number of anilines is 1. The maximum absolute atomic E-state index is 12.0. The molecule has 17 heavy (non-hydrogen) atoms. The third-order valence-corrected chi connectivity index (χ3v) is 4.77. The maximum atomic E-state index is 12.0. The molecule has 0 fully saturated rings. The maximum Gasteiger partial charge on any atom is 0.265 e. The quantitative estimate of drug-likeness (QED) is 0.945. The van der Waals surface area contributed by atoms with Crippen molar-refractivity contribution in [3.8, 4) is 0 Å². The standard InChI is InChI=1S/C10H9ClN2O2S2/c1-7-6-12-10(16-7)13-17(14,15)9-5-3-2-4-8(9)11/h2-6H,1H3,(H,12,13). The molecule has 0 spiro atoms. The number of aryl methyl sites for hydroxylation is 1. The molecule has 0 saturated carbocycles. The molecule has 2 aromatic rings. The Kier molecular flexibility index (Phi) is 3.37. The van der Waals surface area contributed by atoms with Crippen LogP contribution >= 0.6 is 22.9 Å². The van der Waals surface area contributed by atoms with E-state index < -0.39 is 10.0 Å². The van der Waals surface area contributed by atoms with Crippen LogP contribution in [0.15, 0.2) is 35.4 Å². The summed E-state index contributed by atoms with van der Waals surface area (Å²) in [6.07, 6.45) is 1.61. The van der Waals surface area contributed by atoms with Gasteiger partial charge in [-0.25, -0.2) is 13.4 Å². The molecule has 0 aliphatic carbocycles. The first-order chi connectivity index (χ1) is 7.99. The van der Waals surface area contributed by atoms with E-state index in [1.165, 1.54) is 23.5 Å². The summed E-state index contributed by atoms with van der Waals surface area (Å²) >= 11 is 7.11. The van der Waals surface area contributed by atoms with Crippen LogP contribution in [0.5, 0.6) is 0 Å². The molecular weight excluding hydrogens is 280 g/mol. The minimum atomic E-state index is -3.66. The number of sulfonamides is 1. The minimum absolute atomic E-state index is 0.0505. The molecule has 1 N–H and O–H groups in total. The Bertz CT molecular complexity index is 637. The molecule has 0 radical (unpaired) electrons. The van der Waals surface area contributed by atoms with E-state index in [1.807, 2.05) is 6.92 Å². The lowest BCUT2D eigenvalue weighted by Gasteiger charge is -2.06. The van der Waals surface area contributed by atoms with Crippen molar-refractivity contribution in [1.29, 1.82) is 0 Å². The molecule has 4 nitrogen and oxygen atoms in total. The average Bonchev–Trinajstić information content (AvgIpc) is 2.63. The molecule has 0 unspecified atom stereocenters. The summed E-state index contributed by atoms with van der Waals surface area (Å²) in [5.74, 6) is 0. The molecule has 0 atom stereocenters. The smallest absolute Gasteiger partial charge is 0.255 e. The van der Waals surface area contributed by atoms with Gasteiger partial charge in [0.05, 0.1) is 5.02 Å². The third-order valence-electron chi connectivity index (χ3n) is 1.97. The van der Waals surface area contributed by atoms with Crippen LogP contribution in [0.3, 0.4) is 0 Å². The monoisotopic (exact) mass is 288 g/mol. The van der Waals surface area contributed by atoms with Crippen molar-refractivity contribution in [3.63, 3.8) is 0 Å². The fourth-order valence-electron chi connectivity index (χ4n) is 1.23. The number of hydrogen-bond donors (Lipinski definition) is 1. The molecule has 2 rings (SSSR count).